The van der Waals surface area contributed by atoms with Crippen LogP contribution in [-0.4, -0.2) is 46.4 Å². The summed E-state index contributed by atoms with van der Waals surface area (Å²) in [6.07, 6.45) is 5.42. The number of halogens is 1. The molecule has 0 spiro atoms. The van der Waals surface area contributed by atoms with Crippen molar-refractivity contribution in [3.8, 4) is 6.19 Å². The van der Waals surface area contributed by atoms with E-state index in [1.807, 2.05) is 65.4 Å². The molecule has 2 aromatic carbocycles. The lowest BCUT2D eigenvalue weighted by atomic mass is 10.0. The van der Waals surface area contributed by atoms with Gasteiger partial charge in [-0.1, -0.05) is 48.0 Å². The molecule has 178 valence electrons. The molecule has 0 bridgehead atoms. The van der Waals surface area contributed by atoms with Gasteiger partial charge < -0.3 is 20.4 Å². The number of carbonyl (C=O) groups is 1. The number of piperazine rings is 1. The van der Waals surface area contributed by atoms with E-state index in [0.717, 1.165) is 11.1 Å². The lowest BCUT2D eigenvalue weighted by molar-refractivity contribution is 0.134. The molecular formula is C26H26ClN7O. The van der Waals surface area contributed by atoms with Gasteiger partial charge in [0.15, 0.2) is 0 Å². The van der Waals surface area contributed by atoms with E-state index in [4.69, 9.17) is 11.6 Å². The first-order valence-electron chi connectivity index (χ1n) is 11.3. The van der Waals surface area contributed by atoms with Crippen LogP contribution in [0.1, 0.15) is 30.1 Å². The number of benzene rings is 2. The molecule has 2 amide bonds. The maximum absolute atomic E-state index is 13.3. The van der Waals surface area contributed by atoms with Crippen molar-refractivity contribution in [1.29, 1.82) is 5.26 Å². The summed E-state index contributed by atoms with van der Waals surface area (Å²) in [6.45, 7) is 3.44. The highest BCUT2D eigenvalue weighted by Crippen LogP contribution is 2.27. The van der Waals surface area contributed by atoms with Gasteiger partial charge in [0.2, 0.25) is 12.2 Å². The molecule has 1 aliphatic rings. The zero-order chi connectivity index (χ0) is 24.6. The third-order valence-electron chi connectivity index (χ3n) is 5.91. The largest absolute Gasteiger partial charge is 0.349 e. The van der Waals surface area contributed by atoms with Crippen LogP contribution < -0.4 is 10.6 Å². The van der Waals surface area contributed by atoms with Gasteiger partial charge in [0, 0.05) is 42.7 Å². The van der Waals surface area contributed by atoms with E-state index >= 15 is 0 Å². The van der Waals surface area contributed by atoms with E-state index < -0.39 is 0 Å². The Balaban J connectivity index is 1.54. The average Bonchev–Trinajstić information content (AvgIpc) is 2.90. The Morgan fingerprint density at radius 3 is 2.60 bits per heavy atom. The molecule has 1 fully saturated rings. The Morgan fingerprint density at radius 2 is 1.91 bits per heavy atom. The van der Waals surface area contributed by atoms with E-state index in [0.29, 0.717) is 36.3 Å². The molecule has 0 saturated carbocycles. The van der Waals surface area contributed by atoms with Crippen molar-refractivity contribution < 1.29 is 4.79 Å². The van der Waals surface area contributed by atoms with Crippen LogP contribution in [0, 0.1) is 11.5 Å². The van der Waals surface area contributed by atoms with Crippen LogP contribution in [0.2, 0.25) is 5.02 Å². The number of aromatic nitrogens is 1. The highest BCUT2D eigenvalue weighted by Gasteiger charge is 2.33. The summed E-state index contributed by atoms with van der Waals surface area (Å²) in [5, 5.41) is 16.3. The van der Waals surface area contributed by atoms with E-state index in [-0.39, 0.29) is 18.1 Å². The summed E-state index contributed by atoms with van der Waals surface area (Å²) < 4.78 is 0. The van der Waals surface area contributed by atoms with Gasteiger partial charge in [-0.15, -0.1) is 4.99 Å². The number of nitriles is 1. The lowest BCUT2D eigenvalue weighted by Gasteiger charge is -2.42. The van der Waals surface area contributed by atoms with Crippen molar-refractivity contribution in [3.05, 3.63) is 95.3 Å². The predicted molar refractivity (Wildman–Crippen MR) is 137 cm³/mol. The summed E-state index contributed by atoms with van der Waals surface area (Å²) in [5.74, 6) is 0.475. The number of hydrogen-bond acceptors (Lipinski definition) is 4. The first-order valence-corrected chi connectivity index (χ1v) is 11.7. The van der Waals surface area contributed by atoms with Gasteiger partial charge in [-0.05, 0) is 48.4 Å². The molecule has 4 rings (SSSR count). The monoisotopic (exact) mass is 487 g/mol. The SMILES string of the molecule is CC(N/C(=N/C#N)N1CCN(C(=O)Nc2ccc(Cl)cc2)C(c2ccccc2)C1)c1cccnc1. The van der Waals surface area contributed by atoms with Crippen LogP contribution in [0.15, 0.2) is 84.1 Å². The molecule has 2 atom stereocenters. The van der Waals surface area contributed by atoms with Gasteiger partial charge in [0.1, 0.15) is 0 Å². The highest BCUT2D eigenvalue weighted by molar-refractivity contribution is 6.30. The molecule has 35 heavy (non-hydrogen) atoms. The van der Waals surface area contributed by atoms with Crippen molar-refractivity contribution in [2.24, 2.45) is 4.99 Å². The van der Waals surface area contributed by atoms with Gasteiger partial charge in [0.25, 0.3) is 0 Å². The fourth-order valence-electron chi connectivity index (χ4n) is 4.06. The van der Waals surface area contributed by atoms with Crippen molar-refractivity contribution in [2.75, 3.05) is 25.0 Å². The van der Waals surface area contributed by atoms with Crippen LogP contribution >= 0.6 is 11.6 Å². The number of carbonyl (C=O) groups excluding carboxylic acids is 1. The number of nitrogens with zero attached hydrogens (tertiary/aromatic N) is 5. The molecule has 2 N–H and O–H groups in total. The second-order valence-electron chi connectivity index (χ2n) is 8.19. The fourth-order valence-corrected chi connectivity index (χ4v) is 4.18. The normalized spacial score (nSPS) is 16.8. The minimum Gasteiger partial charge on any atom is -0.349 e. The third-order valence-corrected chi connectivity index (χ3v) is 6.16. The standard InChI is InChI=1S/C26H26ClN7O/c1-19(21-8-5-13-29-16-21)31-25(30-18-28)33-14-15-34(24(17-33)20-6-3-2-4-7-20)26(35)32-23-11-9-22(27)10-12-23/h2-13,16,19,24H,14-15,17H2,1H3,(H,30,31)(H,32,35). The van der Waals surface area contributed by atoms with Crippen LogP contribution in [-0.2, 0) is 0 Å². The number of pyridine rings is 1. The second-order valence-corrected chi connectivity index (χ2v) is 8.63. The van der Waals surface area contributed by atoms with E-state index in [1.54, 1.807) is 36.7 Å². The third kappa shape index (κ3) is 6.08. The van der Waals surface area contributed by atoms with Crippen LogP contribution in [0.25, 0.3) is 0 Å². The minimum absolute atomic E-state index is 0.0998. The lowest BCUT2D eigenvalue weighted by Crippen LogP contribution is -2.56. The second kappa shape index (κ2) is 11.4. The van der Waals surface area contributed by atoms with E-state index in [1.165, 1.54) is 0 Å². The first kappa shape index (κ1) is 24.0. The Morgan fingerprint density at radius 1 is 1.14 bits per heavy atom. The smallest absolute Gasteiger partial charge is 0.322 e. The molecular weight excluding hydrogens is 462 g/mol. The fraction of sp³-hybridized carbons (Fsp3) is 0.231. The predicted octanol–water partition coefficient (Wildman–Crippen LogP) is 4.81. The number of aliphatic imine (C=N–C) groups is 1. The first-order chi connectivity index (χ1) is 17.0. The maximum Gasteiger partial charge on any atom is 0.322 e. The van der Waals surface area contributed by atoms with Crippen LogP contribution in [0.3, 0.4) is 0 Å². The molecule has 1 aliphatic heterocycles. The molecule has 0 aliphatic carbocycles. The molecule has 2 unspecified atom stereocenters. The van der Waals surface area contributed by atoms with Crippen molar-refractivity contribution in [3.63, 3.8) is 0 Å². The summed E-state index contributed by atoms with van der Waals surface area (Å²) in [5.41, 5.74) is 2.66. The highest BCUT2D eigenvalue weighted by atomic mass is 35.5. The number of rotatable bonds is 4. The van der Waals surface area contributed by atoms with Gasteiger partial charge in [-0.2, -0.15) is 5.26 Å². The molecule has 9 heteroatoms. The van der Waals surface area contributed by atoms with Crippen LogP contribution in [0.5, 0.6) is 0 Å². The number of anilines is 1. The van der Waals surface area contributed by atoms with Crippen molar-refractivity contribution in [2.45, 2.75) is 19.0 Å². The number of urea groups is 1. The zero-order valence-electron chi connectivity index (χ0n) is 19.3. The van der Waals surface area contributed by atoms with Gasteiger partial charge >= 0.3 is 6.03 Å². The Kier molecular flexibility index (Phi) is 7.81. The topological polar surface area (TPSA) is 96.7 Å². The number of hydrogen-bond donors (Lipinski definition) is 2. The minimum atomic E-state index is -0.239. The number of guanidine groups is 1. The maximum atomic E-state index is 13.3. The van der Waals surface area contributed by atoms with Gasteiger partial charge in [0.05, 0.1) is 12.1 Å². The number of nitrogens with one attached hydrogen (secondary N) is 2. The van der Waals surface area contributed by atoms with Crippen molar-refractivity contribution in [1.82, 2.24) is 20.1 Å². The van der Waals surface area contributed by atoms with E-state index in [2.05, 4.69) is 20.6 Å². The summed E-state index contributed by atoms with van der Waals surface area (Å²) >= 11 is 5.97. The molecule has 2 heterocycles. The molecule has 8 nitrogen and oxygen atoms in total. The molecule has 3 aromatic rings. The zero-order valence-corrected chi connectivity index (χ0v) is 20.1. The summed E-state index contributed by atoms with van der Waals surface area (Å²) in [7, 11) is 0. The van der Waals surface area contributed by atoms with Gasteiger partial charge in [-0.25, -0.2) is 4.79 Å². The summed E-state index contributed by atoms with van der Waals surface area (Å²) in [4.78, 5) is 25.3. The molecule has 1 saturated heterocycles. The average molecular weight is 488 g/mol. The number of amides is 2. The Hall–Kier alpha value is -4.09. The van der Waals surface area contributed by atoms with E-state index in [9.17, 15) is 10.1 Å². The van der Waals surface area contributed by atoms with Crippen LogP contribution in [0.4, 0.5) is 10.5 Å². The van der Waals surface area contributed by atoms with Crippen molar-refractivity contribution >= 4 is 29.3 Å². The Bertz CT molecular complexity index is 1200. The summed E-state index contributed by atoms with van der Waals surface area (Å²) in [6, 6.07) is 20.2. The van der Waals surface area contributed by atoms with Gasteiger partial charge in [-0.3, -0.25) is 4.98 Å². The Labute approximate surface area is 209 Å². The molecule has 1 aromatic heterocycles. The quantitative estimate of drug-likeness (QED) is 0.312. The molecule has 0 radical (unpaired) electrons.